The minimum absolute atomic E-state index is 0.176. The molecule has 0 saturated carbocycles. The number of aliphatic imine (C=N–C) groups is 1. The number of hydrogen-bond donors (Lipinski definition) is 1. The standard InChI is InChI=1S/C20H32N4O3S/c1-3-21-20(22-10-7-13-28(2,25)26)24-15-18-19(16-24)27-12-11-23(18)14-17-8-5-4-6-9-17/h4-6,8-9,18-19H,3,7,10-16H2,1-2H3,(H,21,22). The quantitative estimate of drug-likeness (QED) is 0.412. The van der Waals surface area contributed by atoms with Gasteiger partial charge in [-0.15, -0.1) is 0 Å². The molecule has 1 aromatic rings. The summed E-state index contributed by atoms with van der Waals surface area (Å²) in [5, 5.41) is 3.35. The topological polar surface area (TPSA) is 74.2 Å². The monoisotopic (exact) mass is 408 g/mol. The zero-order valence-electron chi connectivity index (χ0n) is 16.9. The Morgan fingerprint density at radius 2 is 2.07 bits per heavy atom. The van der Waals surface area contributed by atoms with Gasteiger partial charge in [-0.25, -0.2) is 8.42 Å². The molecule has 2 aliphatic heterocycles. The van der Waals surface area contributed by atoms with Gasteiger partial charge in [-0.3, -0.25) is 9.89 Å². The molecular weight excluding hydrogens is 376 g/mol. The Morgan fingerprint density at radius 3 is 2.79 bits per heavy atom. The Morgan fingerprint density at radius 1 is 1.29 bits per heavy atom. The van der Waals surface area contributed by atoms with Crippen molar-refractivity contribution in [2.45, 2.75) is 32.0 Å². The van der Waals surface area contributed by atoms with Crippen LogP contribution >= 0.6 is 0 Å². The van der Waals surface area contributed by atoms with E-state index in [-0.39, 0.29) is 11.9 Å². The van der Waals surface area contributed by atoms with Crippen molar-refractivity contribution in [1.29, 1.82) is 0 Å². The summed E-state index contributed by atoms with van der Waals surface area (Å²) in [5.74, 6) is 1.03. The maximum atomic E-state index is 11.3. The Labute approximate surface area is 168 Å². The van der Waals surface area contributed by atoms with Crippen LogP contribution in [0.1, 0.15) is 18.9 Å². The smallest absolute Gasteiger partial charge is 0.194 e. The second-order valence-electron chi connectivity index (χ2n) is 7.56. The number of fused-ring (bicyclic) bond motifs is 1. The summed E-state index contributed by atoms with van der Waals surface area (Å²) in [6, 6.07) is 10.9. The maximum Gasteiger partial charge on any atom is 0.194 e. The third-order valence-corrected chi connectivity index (χ3v) is 6.24. The molecule has 2 heterocycles. The van der Waals surface area contributed by atoms with E-state index >= 15 is 0 Å². The molecule has 2 atom stereocenters. The average Bonchev–Trinajstić information content (AvgIpc) is 3.09. The van der Waals surface area contributed by atoms with Crippen LogP contribution in [0.4, 0.5) is 0 Å². The van der Waals surface area contributed by atoms with Gasteiger partial charge < -0.3 is 15.0 Å². The summed E-state index contributed by atoms with van der Waals surface area (Å²) >= 11 is 0. The number of sulfone groups is 1. The van der Waals surface area contributed by atoms with E-state index < -0.39 is 9.84 Å². The SMILES string of the molecule is CCNC(=NCCCS(C)(=O)=O)N1CC2OCCN(Cc3ccccc3)C2C1. The van der Waals surface area contributed by atoms with Crippen LogP contribution in [0, 0.1) is 0 Å². The largest absolute Gasteiger partial charge is 0.373 e. The number of likely N-dealkylation sites (tertiary alicyclic amines) is 1. The van der Waals surface area contributed by atoms with E-state index in [9.17, 15) is 8.42 Å². The summed E-state index contributed by atoms with van der Waals surface area (Å²) in [7, 11) is -2.94. The summed E-state index contributed by atoms with van der Waals surface area (Å²) in [5.41, 5.74) is 1.32. The first-order valence-electron chi connectivity index (χ1n) is 10.1. The van der Waals surface area contributed by atoms with Crippen molar-refractivity contribution in [3.8, 4) is 0 Å². The van der Waals surface area contributed by atoms with E-state index in [0.29, 0.717) is 19.0 Å². The van der Waals surface area contributed by atoms with Crippen LogP contribution in [0.2, 0.25) is 0 Å². The Hall–Kier alpha value is -1.64. The van der Waals surface area contributed by atoms with Crippen molar-refractivity contribution in [2.24, 2.45) is 4.99 Å². The van der Waals surface area contributed by atoms with E-state index in [1.54, 1.807) is 0 Å². The number of nitrogens with one attached hydrogen (secondary N) is 1. The van der Waals surface area contributed by atoms with Crippen LogP contribution < -0.4 is 5.32 Å². The lowest BCUT2D eigenvalue weighted by Crippen LogP contribution is -2.50. The van der Waals surface area contributed by atoms with E-state index in [0.717, 1.165) is 45.3 Å². The molecule has 0 bridgehead atoms. The van der Waals surface area contributed by atoms with Gasteiger partial charge >= 0.3 is 0 Å². The first-order chi connectivity index (χ1) is 13.5. The zero-order valence-corrected chi connectivity index (χ0v) is 17.7. The van der Waals surface area contributed by atoms with Crippen LogP contribution in [0.15, 0.2) is 35.3 Å². The van der Waals surface area contributed by atoms with Crippen molar-refractivity contribution in [3.63, 3.8) is 0 Å². The van der Waals surface area contributed by atoms with Gasteiger partial charge in [0.15, 0.2) is 5.96 Å². The number of guanidine groups is 1. The molecule has 8 heteroatoms. The maximum absolute atomic E-state index is 11.3. The highest BCUT2D eigenvalue weighted by molar-refractivity contribution is 7.90. The summed E-state index contributed by atoms with van der Waals surface area (Å²) < 4.78 is 28.7. The third-order valence-electron chi connectivity index (χ3n) is 5.21. The van der Waals surface area contributed by atoms with Gasteiger partial charge in [0.25, 0.3) is 0 Å². The fraction of sp³-hybridized carbons (Fsp3) is 0.650. The minimum Gasteiger partial charge on any atom is -0.373 e. The normalized spacial score (nSPS) is 23.6. The summed E-state index contributed by atoms with van der Waals surface area (Å²) in [6.45, 7) is 7.65. The number of morpholine rings is 1. The summed E-state index contributed by atoms with van der Waals surface area (Å²) in [6.07, 6.45) is 1.99. The van der Waals surface area contributed by atoms with E-state index in [4.69, 9.17) is 4.74 Å². The Kier molecular flexibility index (Phi) is 7.31. The van der Waals surface area contributed by atoms with Gasteiger partial charge in [0.2, 0.25) is 0 Å². The van der Waals surface area contributed by atoms with Gasteiger partial charge in [0, 0.05) is 45.5 Å². The molecular formula is C20H32N4O3S. The number of ether oxygens (including phenoxy) is 1. The highest BCUT2D eigenvalue weighted by atomic mass is 32.2. The lowest BCUT2D eigenvalue weighted by molar-refractivity contribution is -0.0502. The molecule has 0 spiro atoms. The van der Waals surface area contributed by atoms with Crippen LogP contribution in [0.3, 0.4) is 0 Å². The van der Waals surface area contributed by atoms with Crippen LogP contribution in [-0.2, 0) is 21.1 Å². The number of rotatable bonds is 7. The molecule has 2 unspecified atom stereocenters. The molecule has 7 nitrogen and oxygen atoms in total. The van der Waals surface area contributed by atoms with Crippen molar-refractivity contribution in [2.75, 3.05) is 51.3 Å². The first kappa shape index (κ1) is 21.1. The molecule has 0 radical (unpaired) electrons. The molecule has 2 aliphatic rings. The van der Waals surface area contributed by atoms with Crippen molar-refractivity contribution >= 4 is 15.8 Å². The van der Waals surface area contributed by atoms with E-state index in [2.05, 4.69) is 44.4 Å². The second kappa shape index (κ2) is 9.71. The average molecular weight is 409 g/mol. The molecule has 0 aliphatic carbocycles. The van der Waals surface area contributed by atoms with Crippen LogP contribution in [0.25, 0.3) is 0 Å². The van der Waals surface area contributed by atoms with Crippen LogP contribution in [0.5, 0.6) is 0 Å². The van der Waals surface area contributed by atoms with Crippen molar-refractivity contribution < 1.29 is 13.2 Å². The van der Waals surface area contributed by atoms with Crippen molar-refractivity contribution in [3.05, 3.63) is 35.9 Å². The van der Waals surface area contributed by atoms with Crippen molar-refractivity contribution in [1.82, 2.24) is 15.1 Å². The first-order valence-corrected chi connectivity index (χ1v) is 12.1. The highest BCUT2D eigenvalue weighted by Gasteiger charge is 2.41. The highest BCUT2D eigenvalue weighted by Crippen LogP contribution is 2.24. The van der Waals surface area contributed by atoms with Gasteiger partial charge in [0.05, 0.1) is 24.5 Å². The number of nitrogens with zero attached hydrogens (tertiary/aromatic N) is 3. The summed E-state index contributed by atoms with van der Waals surface area (Å²) in [4.78, 5) is 9.42. The zero-order chi connectivity index (χ0) is 20.0. The molecule has 3 rings (SSSR count). The lowest BCUT2D eigenvalue weighted by atomic mass is 10.1. The molecule has 1 aromatic carbocycles. The predicted octanol–water partition coefficient (Wildman–Crippen LogP) is 0.972. The molecule has 0 amide bonds. The molecule has 2 saturated heterocycles. The molecule has 1 N–H and O–H groups in total. The molecule has 156 valence electrons. The molecule has 28 heavy (non-hydrogen) atoms. The van der Waals surface area contributed by atoms with Crippen LogP contribution in [-0.4, -0.2) is 87.7 Å². The van der Waals surface area contributed by atoms with Gasteiger partial charge in [-0.1, -0.05) is 30.3 Å². The Bertz CT molecular complexity index is 754. The molecule has 0 aromatic heterocycles. The third kappa shape index (κ3) is 5.93. The predicted molar refractivity (Wildman–Crippen MR) is 112 cm³/mol. The number of benzene rings is 1. The van der Waals surface area contributed by atoms with E-state index in [1.165, 1.54) is 11.8 Å². The fourth-order valence-corrected chi connectivity index (χ4v) is 4.54. The van der Waals surface area contributed by atoms with Gasteiger partial charge in [-0.05, 0) is 18.9 Å². The van der Waals surface area contributed by atoms with Gasteiger partial charge in [-0.2, -0.15) is 0 Å². The lowest BCUT2D eigenvalue weighted by Gasteiger charge is -2.36. The fourth-order valence-electron chi connectivity index (χ4n) is 3.88. The minimum atomic E-state index is -2.94. The molecule has 2 fully saturated rings. The van der Waals surface area contributed by atoms with E-state index in [1.807, 2.05) is 13.0 Å². The number of hydrogen-bond acceptors (Lipinski definition) is 5. The van der Waals surface area contributed by atoms with Gasteiger partial charge in [0.1, 0.15) is 9.84 Å². The Balaban J connectivity index is 1.62. The second-order valence-corrected chi connectivity index (χ2v) is 9.82.